The van der Waals surface area contributed by atoms with E-state index in [0.29, 0.717) is 11.8 Å². The van der Waals surface area contributed by atoms with E-state index in [-0.39, 0.29) is 6.04 Å². The molecule has 0 aromatic carbocycles. The molecular weight excluding hydrogens is 240 g/mol. The number of likely N-dealkylation sites (N-methyl/N-ethyl adjacent to an activating group) is 1. The van der Waals surface area contributed by atoms with Gasteiger partial charge in [0.1, 0.15) is 5.82 Å². The molecule has 1 N–H and O–H groups in total. The Bertz CT molecular complexity index is 447. The number of aromatic nitrogens is 2. The molecule has 0 saturated carbocycles. The summed E-state index contributed by atoms with van der Waals surface area (Å²) in [6.45, 7) is 9.25. The Labute approximate surface area is 115 Å². The number of hydrogen-bond donors (Lipinski definition) is 1. The minimum absolute atomic E-state index is 0.245. The maximum absolute atomic E-state index is 5.50. The van der Waals surface area contributed by atoms with E-state index in [9.17, 15) is 0 Å². The van der Waals surface area contributed by atoms with E-state index < -0.39 is 0 Å². The molecule has 1 unspecified atom stereocenters. The van der Waals surface area contributed by atoms with Gasteiger partial charge in [-0.3, -0.25) is 0 Å². The summed E-state index contributed by atoms with van der Waals surface area (Å²) >= 11 is 0. The van der Waals surface area contributed by atoms with Gasteiger partial charge in [0.05, 0.1) is 18.7 Å². The van der Waals surface area contributed by atoms with Crippen molar-refractivity contribution < 1.29 is 4.74 Å². The van der Waals surface area contributed by atoms with Gasteiger partial charge in [0.15, 0.2) is 0 Å². The third kappa shape index (κ3) is 3.04. The number of hydrogen-bond acceptors (Lipinski definition) is 5. The normalized spacial score (nSPS) is 20.8. The molecule has 0 amide bonds. The van der Waals surface area contributed by atoms with E-state index in [4.69, 9.17) is 4.74 Å². The molecule has 1 aromatic heterocycles. The zero-order valence-electron chi connectivity index (χ0n) is 12.5. The fraction of sp³-hybridized carbons (Fsp3) is 0.714. The Morgan fingerprint density at radius 2 is 2.11 bits per heavy atom. The predicted octanol–water partition coefficient (Wildman–Crippen LogP) is 1.49. The predicted molar refractivity (Wildman–Crippen MR) is 75.7 cm³/mol. The molecule has 1 aliphatic rings. The molecule has 1 aromatic rings. The second-order valence-electron chi connectivity index (χ2n) is 5.51. The van der Waals surface area contributed by atoms with Gasteiger partial charge in [-0.05, 0) is 14.0 Å². The minimum atomic E-state index is 0.245. The van der Waals surface area contributed by atoms with Crippen LogP contribution >= 0.6 is 0 Å². The topological polar surface area (TPSA) is 50.3 Å². The van der Waals surface area contributed by atoms with Crippen molar-refractivity contribution in [2.45, 2.75) is 32.7 Å². The molecule has 2 heterocycles. The molecule has 0 radical (unpaired) electrons. The van der Waals surface area contributed by atoms with Crippen LogP contribution in [0.2, 0.25) is 0 Å². The maximum Gasteiger partial charge on any atom is 0.221 e. The third-order valence-corrected chi connectivity index (χ3v) is 3.56. The molecule has 0 bridgehead atoms. The first-order valence-corrected chi connectivity index (χ1v) is 6.87. The molecule has 2 rings (SSSR count). The average Bonchev–Trinajstić information content (AvgIpc) is 2.37. The summed E-state index contributed by atoms with van der Waals surface area (Å²) in [6, 6.07) is 0.245. The summed E-state index contributed by atoms with van der Waals surface area (Å²) in [5.74, 6) is 1.87. The first kappa shape index (κ1) is 14.2. The Balaban J connectivity index is 2.38. The van der Waals surface area contributed by atoms with Gasteiger partial charge >= 0.3 is 0 Å². The van der Waals surface area contributed by atoms with Crippen molar-refractivity contribution >= 4 is 0 Å². The largest absolute Gasteiger partial charge is 0.481 e. The van der Waals surface area contributed by atoms with Crippen molar-refractivity contribution in [1.82, 2.24) is 20.2 Å². The van der Waals surface area contributed by atoms with Crippen LogP contribution in [0.1, 0.15) is 42.9 Å². The molecule has 5 heteroatoms. The van der Waals surface area contributed by atoms with E-state index in [1.165, 1.54) is 0 Å². The highest BCUT2D eigenvalue weighted by atomic mass is 16.5. The van der Waals surface area contributed by atoms with Gasteiger partial charge in [-0.1, -0.05) is 13.8 Å². The van der Waals surface area contributed by atoms with E-state index in [2.05, 4.69) is 41.1 Å². The van der Waals surface area contributed by atoms with Crippen LogP contribution in [-0.2, 0) is 0 Å². The van der Waals surface area contributed by atoms with Gasteiger partial charge in [0.25, 0.3) is 0 Å². The van der Waals surface area contributed by atoms with Gasteiger partial charge in [-0.2, -0.15) is 4.98 Å². The first-order chi connectivity index (χ1) is 9.02. The van der Waals surface area contributed by atoms with Crippen molar-refractivity contribution in [1.29, 1.82) is 0 Å². The molecule has 1 atom stereocenters. The van der Waals surface area contributed by atoms with Crippen LogP contribution in [0.25, 0.3) is 0 Å². The summed E-state index contributed by atoms with van der Waals surface area (Å²) in [6.07, 6.45) is 0. The summed E-state index contributed by atoms with van der Waals surface area (Å²) < 4.78 is 5.50. The van der Waals surface area contributed by atoms with Crippen LogP contribution in [0.4, 0.5) is 0 Å². The highest BCUT2D eigenvalue weighted by Crippen LogP contribution is 2.29. The summed E-state index contributed by atoms with van der Waals surface area (Å²) in [4.78, 5) is 11.5. The number of methoxy groups -OCH3 is 1. The lowest BCUT2D eigenvalue weighted by Gasteiger charge is -2.32. The fourth-order valence-electron chi connectivity index (χ4n) is 2.48. The Hall–Kier alpha value is -1.20. The fourth-order valence-corrected chi connectivity index (χ4v) is 2.48. The summed E-state index contributed by atoms with van der Waals surface area (Å²) in [5, 5.41) is 3.53. The van der Waals surface area contributed by atoms with Crippen LogP contribution in [0.5, 0.6) is 5.88 Å². The second-order valence-corrected chi connectivity index (χ2v) is 5.51. The highest BCUT2D eigenvalue weighted by molar-refractivity contribution is 5.34. The molecule has 1 fully saturated rings. The average molecular weight is 264 g/mol. The number of ether oxygens (including phenoxy) is 1. The number of nitrogens with one attached hydrogen (secondary N) is 1. The summed E-state index contributed by atoms with van der Waals surface area (Å²) in [7, 11) is 3.82. The quantitative estimate of drug-likeness (QED) is 0.896. The van der Waals surface area contributed by atoms with Crippen LogP contribution in [0.3, 0.4) is 0 Å². The van der Waals surface area contributed by atoms with Crippen molar-refractivity contribution in [3.63, 3.8) is 0 Å². The van der Waals surface area contributed by atoms with E-state index in [0.717, 1.165) is 36.7 Å². The van der Waals surface area contributed by atoms with Crippen molar-refractivity contribution in [2.24, 2.45) is 0 Å². The van der Waals surface area contributed by atoms with Crippen molar-refractivity contribution in [3.8, 4) is 5.88 Å². The second kappa shape index (κ2) is 5.84. The highest BCUT2D eigenvalue weighted by Gasteiger charge is 2.25. The monoisotopic (exact) mass is 264 g/mol. The van der Waals surface area contributed by atoms with E-state index in [1.807, 2.05) is 6.92 Å². The molecule has 0 spiro atoms. The lowest BCUT2D eigenvalue weighted by atomic mass is 10.0. The molecule has 1 aliphatic heterocycles. The maximum atomic E-state index is 5.50. The third-order valence-electron chi connectivity index (χ3n) is 3.56. The Morgan fingerprint density at radius 1 is 1.37 bits per heavy atom. The number of piperazine rings is 1. The Morgan fingerprint density at radius 3 is 2.68 bits per heavy atom. The lowest BCUT2D eigenvalue weighted by molar-refractivity contribution is 0.235. The summed E-state index contributed by atoms with van der Waals surface area (Å²) in [5.41, 5.74) is 2.11. The minimum Gasteiger partial charge on any atom is -0.481 e. The number of rotatable bonds is 3. The number of aryl methyl sites for hydroxylation is 1. The molecule has 106 valence electrons. The zero-order valence-corrected chi connectivity index (χ0v) is 12.5. The molecule has 5 nitrogen and oxygen atoms in total. The smallest absolute Gasteiger partial charge is 0.221 e. The zero-order chi connectivity index (χ0) is 14.0. The SMILES string of the molecule is COc1nc(C(C)C)nc(C)c1C1CN(C)CCN1. The van der Waals surface area contributed by atoms with Gasteiger partial charge < -0.3 is 15.0 Å². The first-order valence-electron chi connectivity index (χ1n) is 6.87. The molecule has 1 saturated heterocycles. The van der Waals surface area contributed by atoms with Crippen LogP contribution in [0.15, 0.2) is 0 Å². The van der Waals surface area contributed by atoms with Gasteiger partial charge in [0.2, 0.25) is 5.88 Å². The van der Waals surface area contributed by atoms with E-state index in [1.54, 1.807) is 7.11 Å². The lowest BCUT2D eigenvalue weighted by Crippen LogP contribution is -2.44. The molecule has 0 aliphatic carbocycles. The van der Waals surface area contributed by atoms with Gasteiger partial charge in [0, 0.05) is 31.2 Å². The van der Waals surface area contributed by atoms with E-state index >= 15 is 0 Å². The van der Waals surface area contributed by atoms with Crippen LogP contribution in [-0.4, -0.2) is 48.7 Å². The van der Waals surface area contributed by atoms with Crippen molar-refractivity contribution in [3.05, 3.63) is 17.1 Å². The van der Waals surface area contributed by atoms with Gasteiger partial charge in [-0.25, -0.2) is 4.98 Å². The van der Waals surface area contributed by atoms with Crippen LogP contribution in [0, 0.1) is 6.92 Å². The van der Waals surface area contributed by atoms with Crippen molar-refractivity contribution in [2.75, 3.05) is 33.8 Å². The molecule has 19 heavy (non-hydrogen) atoms. The van der Waals surface area contributed by atoms with Crippen LogP contribution < -0.4 is 10.1 Å². The Kier molecular flexibility index (Phi) is 4.37. The molecular formula is C14H24N4O. The van der Waals surface area contributed by atoms with Gasteiger partial charge in [-0.15, -0.1) is 0 Å². The number of nitrogens with zero attached hydrogens (tertiary/aromatic N) is 3. The standard InChI is InChI=1S/C14H24N4O/c1-9(2)13-16-10(3)12(14(17-13)19-5)11-8-18(4)7-6-15-11/h9,11,15H,6-8H2,1-5H3.